The average molecular weight is 286 g/mol. The van der Waals surface area contributed by atoms with Crippen molar-refractivity contribution in [3.63, 3.8) is 0 Å². The maximum absolute atomic E-state index is 11.6. The van der Waals surface area contributed by atoms with Gasteiger partial charge in [-0.2, -0.15) is 0 Å². The van der Waals surface area contributed by atoms with Gasteiger partial charge in [0.25, 0.3) is 5.91 Å². The van der Waals surface area contributed by atoms with Crippen LogP contribution in [0.25, 0.3) is 0 Å². The Morgan fingerprint density at radius 2 is 2.11 bits per heavy atom. The van der Waals surface area contributed by atoms with Gasteiger partial charge in [-0.15, -0.1) is 0 Å². The van der Waals surface area contributed by atoms with E-state index in [4.69, 9.17) is 5.14 Å². The van der Waals surface area contributed by atoms with Gasteiger partial charge in [0.05, 0.1) is 11.3 Å². The van der Waals surface area contributed by atoms with Gasteiger partial charge in [-0.25, -0.2) is 18.5 Å². The summed E-state index contributed by atoms with van der Waals surface area (Å²) in [5, 5.41) is 10.4. The third-order valence-corrected chi connectivity index (χ3v) is 3.03. The summed E-state index contributed by atoms with van der Waals surface area (Å²) < 4.78 is 21.4. The second kappa shape index (κ2) is 7.05. The van der Waals surface area contributed by atoms with Gasteiger partial charge in [0, 0.05) is 19.3 Å². The van der Waals surface area contributed by atoms with Crippen molar-refractivity contribution in [2.75, 3.05) is 24.2 Å². The van der Waals surface area contributed by atoms with Crippen molar-refractivity contribution in [3.05, 3.63) is 23.9 Å². The van der Waals surface area contributed by atoms with Crippen LogP contribution in [0.5, 0.6) is 0 Å². The first kappa shape index (κ1) is 15.4. The second-order valence-electron chi connectivity index (χ2n) is 3.98. The molecule has 1 amide bonds. The molecule has 1 aromatic rings. The molecule has 1 aromatic heterocycles. The smallest absolute Gasteiger partial charge is 0.252 e. The topological polar surface area (TPSA) is 114 Å². The van der Waals surface area contributed by atoms with Crippen molar-refractivity contribution in [1.82, 2.24) is 10.3 Å². The molecule has 0 spiro atoms. The predicted octanol–water partition coefficient (Wildman–Crippen LogP) is -0.0782. The average Bonchev–Trinajstić information content (AvgIpc) is 2.35. The van der Waals surface area contributed by atoms with Crippen LogP contribution < -0.4 is 15.8 Å². The van der Waals surface area contributed by atoms with Crippen molar-refractivity contribution < 1.29 is 13.2 Å². The lowest BCUT2D eigenvalue weighted by atomic mass is 10.2. The number of nitrogens with two attached hydrogens (primary N) is 1. The van der Waals surface area contributed by atoms with Crippen LogP contribution in [0.15, 0.2) is 18.3 Å². The number of anilines is 1. The summed E-state index contributed by atoms with van der Waals surface area (Å²) in [4.78, 5) is 15.7. The van der Waals surface area contributed by atoms with E-state index >= 15 is 0 Å². The Labute approximate surface area is 112 Å². The molecule has 1 rings (SSSR count). The Morgan fingerprint density at radius 3 is 2.63 bits per heavy atom. The van der Waals surface area contributed by atoms with Crippen molar-refractivity contribution in [3.8, 4) is 0 Å². The fourth-order valence-electron chi connectivity index (χ4n) is 1.29. The number of pyridine rings is 1. The highest BCUT2D eigenvalue weighted by Gasteiger charge is 2.08. The third kappa shape index (κ3) is 6.16. The van der Waals surface area contributed by atoms with Crippen LogP contribution in [0.4, 0.5) is 5.82 Å². The third-order valence-electron chi connectivity index (χ3n) is 2.25. The Balaban J connectivity index is 2.49. The van der Waals surface area contributed by atoms with E-state index in [0.29, 0.717) is 11.4 Å². The number of hydrogen-bond donors (Lipinski definition) is 3. The van der Waals surface area contributed by atoms with Crippen LogP contribution in [-0.2, 0) is 10.0 Å². The van der Waals surface area contributed by atoms with Gasteiger partial charge < -0.3 is 10.6 Å². The monoisotopic (exact) mass is 286 g/mol. The van der Waals surface area contributed by atoms with E-state index < -0.39 is 10.0 Å². The van der Waals surface area contributed by atoms with Crippen LogP contribution in [0.1, 0.15) is 23.7 Å². The summed E-state index contributed by atoms with van der Waals surface area (Å²) in [5.41, 5.74) is 0.372. The molecule has 8 heteroatoms. The van der Waals surface area contributed by atoms with E-state index in [2.05, 4.69) is 15.6 Å². The van der Waals surface area contributed by atoms with Crippen LogP contribution in [0.3, 0.4) is 0 Å². The van der Waals surface area contributed by atoms with E-state index in [1.54, 1.807) is 12.1 Å². The Kier molecular flexibility index (Phi) is 5.71. The first-order valence-electron chi connectivity index (χ1n) is 5.91. The minimum Gasteiger partial charge on any atom is -0.370 e. The molecule has 0 aliphatic carbocycles. The largest absolute Gasteiger partial charge is 0.370 e. The number of nitrogens with one attached hydrogen (secondary N) is 2. The molecule has 0 fully saturated rings. The lowest BCUT2D eigenvalue weighted by Gasteiger charge is -2.06. The highest BCUT2D eigenvalue weighted by atomic mass is 32.2. The zero-order valence-corrected chi connectivity index (χ0v) is 11.5. The molecule has 0 radical (unpaired) electrons. The molecule has 4 N–H and O–H groups in total. The molecule has 7 nitrogen and oxygen atoms in total. The van der Waals surface area contributed by atoms with Crippen LogP contribution in [0, 0.1) is 0 Å². The zero-order valence-electron chi connectivity index (χ0n) is 10.7. The summed E-state index contributed by atoms with van der Waals surface area (Å²) in [6.45, 7) is 2.83. The van der Waals surface area contributed by atoms with Crippen molar-refractivity contribution in [2.45, 2.75) is 13.3 Å². The fraction of sp³-hybridized carbons (Fsp3) is 0.455. The number of aromatic nitrogens is 1. The minimum absolute atomic E-state index is 0.0203. The standard InChI is InChI=1S/C11H18N4O3S/c1-2-5-13-10-4-3-9(8-15-10)11(16)14-6-7-19(12,17)18/h3-4,8H,2,5-7H2,1H3,(H,13,15)(H,14,16)(H2,12,17,18). The number of rotatable bonds is 7. The second-order valence-corrected chi connectivity index (χ2v) is 5.72. The molecule has 19 heavy (non-hydrogen) atoms. The predicted molar refractivity (Wildman–Crippen MR) is 73.3 cm³/mol. The molecule has 1 heterocycles. The number of carbonyl (C=O) groups is 1. The molecule has 0 aliphatic rings. The number of hydrogen-bond acceptors (Lipinski definition) is 5. The van der Waals surface area contributed by atoms with Crippen molar-refractivity contribution in [2.24, 2.45) is 5.14 Å². The summed E-state index contributed by atoms with van der Waals surface area (Å²) in [7, 11) is -3.56. The zero-order chi connectivity index (χ0) is 14.3. The normalized spacial score (nSPS) is 11.1. The SMILES string of the molecule is CCCNc1ccc(C(=O)NCCS(N)(=O)=O)cn1. The molecule has 0 saturated heterocycles. The van der Waals surface area contributed by atoms with Crippen LogP contribution in [0.2, 0.25) is 0 Å². The molecule has 0 atom stereocenters. The minimum atomic E-state index is -3.56. The molecule has 0 aliphatic heterocycles. The van der Waals surface area contributed by atoms with Crippen molar-refractivity contribution >= 4 is 21.7 Å². The summed E-state index contributed by atoms with van der Waals surface area (Å²) in [5.74, 6) is 0.0311. The van der Waals surface area contributed by atoms with Gasteiger partial charge in [-0.1, -0.05) is 6.92 Å². The highest BCUT2D eigenvalue weighted by Crippen LogP contribution is 2.04. The van der Waals surface area contributed by atoms with E-state index in [-0.39, 0.29) is 18.2 Å². The van der Waals surface area contributed by atoms with Gasteiger partial charge in [0.2, 0.25) is 10.0 Å². The van der Waals surface area contributed by atoms with Crippen LogP contribution >= 0.6 is 0 Å². The quantitative estimate of drug-likeness (QED) is 0.648. The van der Waals surface area contributed by atoms with Gasteiger partial charge in [-0.05, 0) is 18.6 Å². The number of carbonyl (C=O) groups excluding carboxylic acids is 1. The van der Waals surface area contributed by atoms with Gasteiger partial charge in [0.15, 0.2) is 0 Å². The molecule has 0 aromatic carbocycles. The number of sulfonamides is 1. The molecule has 0 bridgehead atoms. The summed E-state index contributed by atoms with van der Waals surface area (Å²) in [6.07, 6.45) is 2.42. The summed E-state index contributed by atoms with van der Waals surface area (Å²) in [6, 6.07) is 3.32. The first-order valence-corrected chi connectivity index (χ1v) is 7.62. The van der Waals surface area contributed by atoms with E-state index in [9.17, 15) is 13.2 Å². The lowest BCUT2D eigenvalue weighted by Crippen LogP contribution is -2.31. The van der Waals surface area contributed by atoms with Gasteiger partial charge in [-0.3, -0.25) is 4.79 Å². The molecule has 0 saturated carbocycles. The van der Waals surface area contributed by atoms with Gasteiger partial charge in [0.1, 0.15) is 5.82 Å². The maximum atomic E-state index is 11.6. The molecule has 0 unspecified atom stereocenters. The number of amides is 1. The Morgan fingerprint density at radius 1 is 1.37 bits per heavy atom. The summed E-state index contributed by atoms with van der Waals surface area (Å²) >= 11 is 0. The van der Waals surface area contributed by atoms with E-state index in [0.717, 1.165) is 13.0 Å². The Hall–Kier alpha value is -1.67. The first-order chi connectivity index (χ1) is 8.92. The maximum Gasteiger partial charge on any atom is 0.252 e. The number of nitrogens with zero attached hydrogens (tertiary/aromatic N) is 1. The van der Waals surface area contributed by atoms with E-state index in [1.165, 1.54) is 6.20 Å². The molecular weight excluding hydrogens is 268 g/mol. The highest BCUT2D eigenvalue weighted by molar-refractivity contribution is 7.89. The van der Waals surface area contributed by atoms with Crippen molar-refractivity contribution in [1.29, 1.82) is 0 Å². The molecular formula is C11H18N4O3S. The van der Waals surface area contributed by atoms with Crippen LogP contribution in [-0.4, -0.2) is 38.2 Å². The van der Waals surface area contributed by atoms with Gasteiger partial charge >= 0.3 is 0 Å². The lowest BCUT2D eigenvalue weighted by molar-refractivity contribution is 0.0956. The number of primary sulfonamides is 1. The van der Waals surface area contributed by atoms with E-state index in [1.807, 2.05) is 6.92 Å². The fourth-order valence-corrected chi connectivity index (χ4v) is 1.68. The molecule has 106 valence electrons. The Bertz CT molecular complexity index is 513.